The van der Waals surface area contributed by atoms with Gasteiger partial charge in [-0.2, -0.15) is 0 Å². The first-order valence-electron chi connectivity index (χ1n) is 6.72. The van der Waals surface area contributed by atoms with Crippen LogP contribution in [0.4, 0.5) is 0 Å². The lowest BCUT2D eigenvalue weighted by atomic mass is 10.0. The molecule has 1 aromatic rings. The second kappa shape index (κ2) is 6.29. The Labute approximate surface area is 125 Å². The van der Waals surface area contributed by atoms with Crippen molar-refractivity contribution in [2.75, 3.05) is 31.1 Å². The number of hydrogen-bond acceptors (Lipinski definition) is 4. The average Bonchev–Trinajstić information content (AvgIpc) is 2.46. The maximum Gasteiger partial charge on any atom is 0.253 e. The lowest BCUT2D eigenvalue weighted by Gasteiger charge is -2.26. The largest absolute Gasteiger partial charge is 0.337 e. The van der Waals surface area contributed by atoms with Crippen molar-refractivity contribution in [3.05, 3.63) is 34.9 Å². The van der Waals surface area contributed by atoms with E-state index in [0.29, 0.717) is 5.56 Å². The van der Waals surface area contributed by atoms with E-state index in [2.05, 4.69) is 11.8 Å². The van der Waals surface area contributed by atoms with Gasteiger partial charge in [0.15, 0.2) is 9.84 Å². The summed E-state index contributed by atoms with van der Waals surface area (Å²) in [5.74, 6) is 5.63. The van der Waals surface area contributed by atoms with E-state index in [1.165, 1.54) is 0 Å². The van der Waals surface area contributed by atoms with Gasteiger partial charge in [-0.15, -0.1) is 0 Å². The smallest absolute Gasteiger partial charge is 0.253 e. The first-order valence-corrected chi connectivity index (χ1v) is 8.54. The number of benzene rings is 1. The van der Waals surface area contributed by atoms with Crippen LogP contribution in [-0.4, -0.2) is 50.4 Å². The van der Waals surface area contributed by atoms with Crippen LogP contribution in [0.25, 0.3) is 0 Å². The predicted octanol–water partition coefficient (Wildman–Crippen LogP) is 0.176. The minimum Gasteiger partial charge on any atom is -0.337 e. The van der Waals surface area contributed by atoms with Crippen LogP contribution in [0.3, 0.4) is 0 Å². The molecule has 0 radical (unpaired) electrons. The van der Waals surface area contributed by atoms with Crippen LogP contribution < -0.4 is 5.73 Å². The fourth-order valence-electron chi connectivity index (χ4n) is 2.13. The summed E-state index contributed by atoms with van der Waals surface area (Å²) in [5, 5.41) is 0. The van der Waals surface area contributed by atoms with Crippen molar-refractivity contribution < 1.29 is 13.2 Å². The zero-order valence-corrected chi connectivity index (χ0v) is 12.7. The molecule has 6 heteroatoms. The number of carbonyl (C=O) groups excluding carboxylic acids is 1. The summed E-state index contributed by atoms with van der Waals surface area (Å²) in [6, 6.07) is 5.33. The Morgan fingerprint density at radius 2 is 2.00 bits per heavy atom. The van der Waals surface area contributed by atoms with Gasteiger partial charge in [0, 0.05) is 24.2 Å². The average molecular weight is 306 g/mol. The van der Waals surface area contributed by atoms with Crippen LogP contribution in [0.1, 0.15) is 21.5 Å². The predicted molar refractivity (Wildman–Crippen MR) is 81.7 cm³/mol. The second-order valence-electron chi connectivity index (χ2n) is 4.98. The van der Waals surface area contributed by atoms with Crippen LogP contribution in [0.5, 0.6) is 0 Å². The molecule has 1 aliphatic heterocycles. The number of rotatable bonds is 1. The molecule has 0 aliphatic carbocycles. The quantitative estimate of drug-likeness (QED) is 0.750. The fraction of sp³-hybridized carbons (Fsp3) is 0.400. The summed E-state index contributed by atoms with van der Waals surface area (Å²) in [7, 11) is -2.99. The van der Waals surface area contributed by atoms with Gasteiger partial charge in [-0.3, -0.25) is 4.79 Å². The molecule has 0 aromatic heterocycles. The molecular weight excluding hydrogens is 288 g/mol. The highest BCUT2D eigenvalue weighted by Crippen LogP contribution is 2.14. The first-order chi connectivity index (χ1) is 9.93. The molecule has 1 aromatic carbocycles. The minimum absolute atomic E-state index is 0.0322. The summed E-state index contributed by atoms with van der Waals surface area (Å²) < 4.78 is 22.8. The molecule has 21 heavy (non-hydrogen) atoms. The molecule has 2 rings (SSSR count). The lowest BCUT2D eigenvalue weighted by Crippen LogP contribution is -2.43. The first kappa shape index (κ1) is 15.5. The summed E-state index contributed by atoms with van der Waals surface area (Å²) in [6.45, 7) is 2.68. The minimum atomic E-state index is -2.99. The molecule has 1 aliphatic rings. The molecule has 0 unspecified atom stereocenters. The number of sulfone groups is 1. The zero-order chi connectivity index (χ0) is 15.5. The third kappa shape index (κ3) is 3.84. The van der Waals surface area contributed by atoms with E-state index in [1.54, 1.807) is 17.0 Å². The number of carbonyl (C=O) groups is 1. The van der Waals surface area contributed by atoms with Crippen LogP contribution in [0.2, 0.25) is 0 Å². The van der Waals surface area contributed by atoms with Gasteiger partial charge in [-0.25, -0.2) is 8.42 Å². The van der Waals surface area contributed by atoms with Crippen LogP contribution in [0.15, 0.2) is 18.2 Å². The third-order valence-corrected chi connectivity index (χ3v) is 5.05. The van der Waals surface area contributed by atoms with Crippen molar-refractivity contribution in [1.82, 2.24) is 4.90 Å². The van der Waals surface area contributed by atoms with Crippen LogP contribution >= 0.6 is 0 Å². The van der Waals surface area contributed by atoms with E-state index < -0.39 is 9.84 Å². The van der Waals surface area contributed by atoms with Gasteiger partial charge in [-0.05, 0) is 24.6 Å². The normalized spacial score (nSPS) is 17.0. The highest BCUT2D eigenvalue weighted by molar-refractivity contribution is 7.91. The Hall–Kier alpha value is -1.84. The number of hydrogen-bond donors (Lipinski definition) is 1. The van der Waals surface area contributed by atoms with E-state index in [9.17, 15) is 13.2 Å². The van der Waals surface area contributed by atoms with Crippen molar-refractivity contribution in [1.29, 1.82) is 0 Å². The van der Waals surface area contributed by atoms with Gasteiger partial charge < -0.3 is 10.6 Å². The molecule has 1 amide bonds. The monoisotopic (exact) mass is 306 g/mol. The molecule has 112 valence electrons. The van der Waals surface area contributed by atoms with Crippen LogP contribution in [0, 0.1) is 18.8 Å². The maximum absolute atomic E-state index is 12.4. The Morgan fingerprint density at radius 3 is 2.62 bits per heavy atom. The van der Waals surface area contributed by atoms with Crippen LogP contribution in [-0.2, 0) is 9.84 Å². The summed E-state index contributed by atoms with van der Waals surface area (Å²) in [4.78, 5) is 14.0. The third-order valence-electron chi connectivity index (χ3n) is 3.44. The molecule has 5 nitrogen and oxygen atoms in total. The lowest BCUT2D eigenvalue weighted by molar-refractivity contribution is 0.0770. The molecule has 2 N–H and O–H groups in total. The molecule has 1 heterocycles. The molecular formula is C15H18N2O3S. The van der Waals surface area contributed by atoms with Crippen molar-refractivity contribution in [3.63, 3.8) is 0 Å². The Kier molecular flexibility index (Phi) is 4.66. The highest BCUT2D eigenvalue weighted by atomic mass is 32.2. The standard InChI is InChI=1S/C15H18N2O3S/c1-12-4-5-14(11-13(12)3-2-6-16)15(18)17-7-9-21(19,20)10-8-17/h4-5,11H,6-10,16H2,1H3. The molecule has 0 spiro atoms. The highest BCUT2D eigenvalue weighted by Gasteiger charge is 2.25. The number of aryl methyl sites for hydroxylation is 1. The molecule has 0 bridgehead atoms. The topological polar surface area (TPSA) is 80.5 Å². The maximum atomic E-state index is 12.4. The molecule has 1 saturated heterocycles. The van der Waals surface area contributed by atoms with E-state index in [-0.39, 0.29) is 37.0 Å². The number of amides is 1. The van der Waals surface area contributed by atoms with Crippen molar-refractivity contribution >= 4 is 15.7 Å². The van der Waals surface area contributed by atoms with Gasteiger partial charge in [0.1, 0.15) is 0 Å². The Bertz CT molecular complexity index is 700. The summed E-state index contributed by atoms with van der Waals surface area (Å²) in [6.07, 6.45) is 0. The van der Waals surface area contributed by atoms with Gasteiger partial charge in [0.2, 0.25) is 0 Å². The van der Waals surface area contributed by atoms with E-state index in [0.717, 1.165) is 11.1 Å². The van der Waals surface area contributed by atoms with Gasteiger partial charge in [-0.1, -0.05) is 17.9 Å². The van der Waals surface area contributed by atoms with E-state index in [1.807, 2.05) is 13.0 Å². The number of nitrogens with two attached hydrogens (primary N) is 1. The summed E-state index contributed by atoms with van der Waals surface area (Å²) in [5.41, 5.74) is 7.64. The summed E-state index contributed by atoms with van der Waals surface area (Å²) >= 11 is 0. The number of nitrogens with zero attached hydrogens (tertiary/aromatic N) is 1. The van der Waals surface area contributed by atoms with Gasteiger partial charge in [0.05, 0.1) is 18.1 Å². The molecule has 0 saturated carbocycles. The van der Waals surface area contributed by atoms with Gasteiger partial charge in [0.25, 0.3) is 5.91 Å². The Balaban J connectivity index is 2.20. The zero-order valence-electron chi connectivity index (χ0n) is 11.9. The molecule has 0 atom stereocenters. The van der Waals surface area contributed by atoms with Crippen molar-refractivity contribution in [3.8, 4) is 11.8 Å². The van der Waals surface area contributed by atoms with E-state index >= 15 is 0 Å². The Morgan fingerprint density at radius 1 is 1.33 bits per heavy atom. The van der Waals surface area contributed by atoms with E-state index in [4.69, 9.17) is 5.73 Å². The van der Waals surface area contributed by atoms with Crippen molar-refractivity contribution in [2.45, 2.75) is 6.92 Å². The fourth-order valence-corrected chi connectivity index (χ4v) is 3.34. The second-order valence-corrected chi connectivity index (χ2v) is 7.28. The SMILES string of the molecule is Cc1ccc(C(=O)N2CCS(=O)(=O)CC2)cc1C#CCN. The van der Waals surface area contributed by atoms with Gasteiger partial charge >= 0.3 is 0 Å². The van der Waals surface area contributed by atoms with Crippen molar-refractivity contribution in [2.24, 2.45) is 5.73 Å². The molecule has 1 fully saturated rings.